The van der Waals surface area contributed by atoms with Crippen LogP contribution in [-0.2, 0) is 4.74 Å². The molecule has 112 valence electrons. The van der Waals surface area contributed by atoms with Crippen molar-refractivity contribution in [2.24, 2.45) is 0 Å². The first-order chi connectivity index (χ1) is 8.72. The van der Waals surface area contributed by atoms with Crippen molar-refractivity contribution in [2.45, 2.75) is 57.7 Å². The molecule has 0 atom stereocenters. The number of nitrogens with one attached hydrogen (secondary N) is 1. The summed E-state index contributed by atoms with van der Waals surface area (Å²) in [4.78, 5) is 13.3. The Morgan fingerprint density at radius 1 is 1.37 bits per heavy atom. The maximum atomic E-state index is 11.8. The van der Waals surface area contributed by atoms with Crippen LogP contribution in [0.4, 0.5) is 4.79 Å². The number of hydrogen-bond acceptors (Lipinski definition) is 4. The van der Waals surface area contributed by atoms with Crippen molar-refractivity contribution in [3.63, 3.8) is 0 Å². The van der Waals surface area contributed by atoms with Crippen LogP contribution >= 0.6 is 0 Å². The van der Waals surface area contributed by atoms with Gasteiger partial charge in [0, 0.05) is 13.6 Å². The molecule has 5 nitrogen and oxygen atoms in total. The quantitative estimate of drug-likeness (QED) is 0.818. The zero-order chi connectivity index (χ0) is 14.5. The fraction of sp³-hybridized carbons (Fsp3) is 0.929. The number of piperidine rings is 1. The van der Waals surface area contributed by atoms with Crippen molar-refractivity contribution in [1.29, 1.82) is 0 Å². The molecule has 19 heavy (non-hydrogen) atoms. The summed E-state index contributed by atoms with van der Waals surface area (Å²) in [5.41, 5.74) is -1.02. The molecule has 1 rings (SSSR count). The average molecular weight is 272 g/mol. The van der Waals surface area contributed by atoms with Crippen LogP contribution in [-0.4, -0.2) is 54.0 Å². The molecule has 1 saturated heterocycles. The minimum atomic E-state index is -0.556. The van der Waals surface area contributed by atoms with Gasteiger partial charge < -0.3 is 20.1 Å². The Morgan fingerprint density at radius 3 is 2.47 bits per heavy atom. The average Bonchev–Trinajstić information content (AvgIpc) is 2.27. The van der Waals surface area contributed by atoms with Crippen LogP contribution in [0.3, 0.4) is 0 Å². The Morgan fingerprint density at radius 2 is 1.95 bits per heavy atom. The van der Waals surface area contributed by atoms with Crippen LogP contribution in [0.2, 0.25) is 0 Å². The summed E-state index contributed by atoms with van der Waals surface area (Å²) in [5.74, 6) is 0. The fourth-order valence-electron chi connectivity index (χ4n) is 2.22. The van der Waals surface area contributed by atoms with Gasteiger partial charge in [-0.25, -0.2) is 4.79 Å². The van der Waals surface area contributed by atoms with Gasteiger partial charge in [-0.05, 0) is 59.5 Å². The predicted octanol–water partition coefficient (Wildman–Crippen LogP) is 1.75. The Labute approximate surface area is 116 Å². The summed E-state index contributed by atoms with van der Waals surface area (Å²) in [6.07, 6.45) is 2.82. The zero-order valence-corrected chi connectivity index (χ0v) is 12.7. The first kappa shape index (κ1) is 16.2. The maximum Gasteiger partial charge on any atom is 0.410 e. The van der Waals surface area contributed by atoms with Crippen molar-refractivity contribution in [3.8, 4) is 0 Å². The second-order valence-electron chi connectivity index (χ2n) is 6.48. The highest BCUT2D eigenvalue weighted by Crippen LogP contribution is 2.23. The molecular weight excluding hydrogens is 244 g/mol. The number of hydrogen-bond donors (Lipinski definition) is 2. The summed E-state index contributed by atoms with van der Waals surface area (Å²) >= 11 is 0. The van der Waals surface area contributed by atoms with Gasteiger partial charge in [0.05, 0.1) is 5.60 Å². The first-order valence-corrected chi connectivity index (χ1v) is 7.09. The molecule has 0 saturated carbocycles. The highest BCUT2D eigenvalue weighted by atomic mass is 16.6. The molecule has 0 bridgehead atoms. The van der Waals surface area contributed by atoms with Crippen molar-refractivity contribution in [1.82, 2.24) is 10.2 Å². The van der Waals surface area contributed by atoms with Gasteiger partial charge in [-0.1, -0.05) is 0 Å². The highest BCUT2D eigenvalue weighted by Gasteiger charge is 2.28. The molecule has 0 aromatic heterocycles. The number of aliphatic hydroxyl groups is 1. The minimum absolute atomic E-state index is 0.301. The lowest BCUT2D eigenvalue weighted by molar-refractivity contribution is -0.00330. The van der Waals surface area contributed by atoms with E-state index in [0.717, 1.165) is 38.8 Å². The van der Waals surface area contributed by atoms with Crippen LogP contribution in [0.25, 0.3) is 0 Å². The van der Waals surface area contributed by atoms with Crippen molar-refractivity contribution in [2.75, 3.05) is 26.7 Å². The number of carbonyl (C=O) groups excluding carboxylic acids is 1. The third kappa shape index (κ3) is 6.25. The van der Waals surface area contributed by atoms with E-state index in [4.69, 9.17) is 4.74 Å². The summed E-state index contributed by atoms with van der Waals surface area (Å²) in [6.45, 7) is 7.94. The largest absolute Gasteiger partial charge is 0.444 e. The molecule has 1 amide bonds. The smallest absolute Gasteiger partial charge is 0.410 e. The first-order valence-electron chi connectivity index (χ1n) is 7.09. The minimum Gasteiger partial charge on any atom is -0.444 e. The van der Waals surface area contributed by atoms with Crippen LogP contribution in [0, 0.1) is 0 Å². The maximum absolute atomic E-state index is 11.8. The summed E-state index contributed by atoms with van der Waals surface area (Å²) in [6, 6.07) is 0. The molecule has 1 fully saturated rings. The Bertz CT molecular complexity index is 294. The molecule has 0 aromatic carbocycles. The fourth-order valence-corrected chi connectivity index (χ4v) is 2.22. The van der Waals surface area contributed by atoms with E-state index in [-0.39, 0.29) is 6.09 Å². The van der Waals surface area contributed by atoms with E-state index in [1.807, 2.05) is 20.8 Å². The lowest BCUT2D eigenvalue weighted by Crippen LogP contribution is -2.42. The van der Waals surface area contributed by atoms with E-state index < -0.39 is 11.2 Å². The SMILES string of the molecule is CN(CCCC1(O)CCNCC1)C(=O)OC(C)(C)C. The molecule has 0 unspecified atom stereocenters. The second-order valence-corrected chi connectivity index (χ2v) is 6.48. The van der Waals surface area contributed by atoms with E-state index >= 15 is 0 Å². The van der Waals surface area contributed by atoms with Crippen molar-refractivity contribution < 1.29 is 14.6 Å². The second kappa shape index (κ2) is 6.57. The third-order valence-electron chi connectivity index (χ3n) is 3.38. The summed E-state index contributed by atoms with van der Waals surface area (Å²) in [7, 11) is 1.74. The van der Waals surface area contributed by atoms with Crippen LogP contribution < -0.4 is 5.32 Å². The normalized spacial score (nSPS) is 19.0. The lowest BCUT2D eigenvalue weighted by Gasteiger charge is -2.33. The molecule has 1 heterocycles. The molecule has 0 radical (unpaired) electrons. The van der Waals surface area contributed by atoms with Gasteiger partial charge in [0.25, 0.3) is 0 Å². The van der Waals surface area contributed by atoms with Gasteiger partial charge in [-0.15, -0.1) is 0 Å². The van der Waals surface area contributed by atoms with Gasteiger partial charge in [0.1, 0.15) is 5.60 Å². The Kier molecular flexibility index (Phi) is 5.62. The van der Waals surface area contributed by atoms with Crippen LogP contribution in [0.1, 0.15) is 46.5 Å². The van der Waals surface area contributed by atoms with E-state index in [2.05, 4.69) is 5.32 Å². The number of carbonyl (C=O) groups is 1. The molecule has 0 aromatic rings. The zero-order valence-electron chi connectivity index (χ0n) is 12.7. The van der Waals surface area contributed by atoms with E-state index in [0.29, 0.717) is 6.54 Å². The predicted molar refractivity (Wildman–Crippen MR) is 75.2 cm³/mol. The van der Waals surface area contributed by atoms with Crippen molar-refractivity contribution in [3.05, 3.63) is 0 Å². The molecule has 2 N–H and O–H groups in total. The monoisotopic (exact) mass is 272 g/mol. The standard InChI is InChI=1S/C14H28N2O3/c1-13(2,3)19-12(17)16(4)11-5-6-14(18)7-9-15-10-8-14/h15,18H,5-11H2,1-4H3. The molecule has 0 spiro atoms. The van der Waals surface area contributed by atoms with E-state index in [9.17, 15) is 9.90 Å². The Hall–Kier alpha value is -0.810. The van der Waals surface area contributed by atoms with Crippen LogP contribution in [0.5, 0.6) is 0 Å². The molecule has 0 aliphatic carbocycles. The van der Waals surface area contributed by atoms with E-state index in [1.165, 1.54) is 0 Å². The summed E-state index contributed by atoms with van der Waals surface area (Å²) in [5, 5.41) is 13.6. The molecular formula is C14H28N2O3. The number of nitrogens with zero attached hydrogens (tertiary/aromatic N) is 1. The molecule has 1 aliphatic rings. The third-order valence-corrected chi connectivity index (χ3v) is 3.38. The van der Waals surface area contributed by atoms with Gasteiger partial charge >= 0.3 is 6.09 Å². The number of ether oxygens (including phenoxy) is 1. The highest BCUT2D eigenvalue weighted by molar-refractivity contribution is 5.67. The van der Waals surface area contributed by atoms with Gasteiger partial charge in [-0.2, -0.15) is 0 Å². The number of amides is 1. The van der Waals surface area contributed by atoms with Crippen molar-refractivity contribution >= 4 is 6.09 Å². The van der Waals surface area contributed by atoms with Gasteiger partial charge in [0.2, 0.25) is 0 Å². The topological polar surface area (TPSA) is 61.8 Å². The molecule has 5 heteroatoms. The van der Waals surface area contributed by atoms with E-state index in [1.54, 1.807) is 11.9 Å². The van der Waals surface area contributed by atoms with Gasteiger partial charge in [0.15, 0.2) is 0 Å². The Balaban J connectivity index is 2.26. The lowest BCUT2D eigenvalue weighted by atomic mass is 9.88. The molecule has 1 aliphatic heterocycles. The van der Waals surface area contributed by atoms with Gasteiger partial charge in [-0.3, -0.25) is 0 Å². The number of rotatable bonds is 4. The van der Waals surface area contributed by atoms with Crippen LogP contribution in [0.15, 0.2) is 0 Å². The summed E-state index contributed by atoms with van der Waals surface area (Å²) < 4.78 is 5.28.